The van der Waals surface area contributed by atoms with Gasteiger partial charge in [-0.15, -0.1) is 0 Å². The van der Waals surface area contributed by atoms with Crippen LogP contribution in [0.1, 0.15) is 35.2 Å². The van der Waals surface area contributed by atoms with Crippen molar-refractivity contribution in [1.29, 1.82) is 0 Å². The summed E-state index contributed by atoms with van der Waals surface area (Å²) in [6, 6.07) is 6.69. The van der Waals surface area contributed by atoms with E-state index in [-0.39, 0.29) is 18.4 Å². The molecular weight excluding hydrogens is 286 g/mol. The van der Waals surface area contributed by atoms with E-state index < -0.39 is 0 Å². The van der Waals surface area contributed by atoms with Crippen molar-refractivity contribution in [2.24, 2.45) is 5.73 Å². The quantitative estimate of drug-likeness (QED) is 0.816. The summed E-state index contributed by atoms with van der Waals surface area (Å²) in [7, 11) is 0. The predicted molar refractivity (Wildman–Crippen MR) is 85.1 cm³/mol. The Kier molecular flexibility index (Phi) is 5.27. The van der Waals surface area contributed by atoms with Gasteiger partial charge in [0.05, 0.1) is 6.54 Å². The molecule has 1 aliphatic rings. The van der Waals surface area contributed by atoms with Gasteiger partial charge < -0.3 is 16.0 Å². The summed E-state index contributed by atoms with van der Waals surface area (Å²) in [5.41, 5.74) is 6.70. The Morgan fingerprint density at radius 2 is 1.67 bits per heavy atom. The summed E-state index contributed by atoms with van der Waals surface area (Å²) in [5.74, 6) is -0.294. The molecule has 5 nitrogen and oxygen atoms in total. The number of thiocarbonyl (C=S) groups is 1. The van der Waals surface area contributed by atoms with Crippen LogP contribution in [0.2, 0.25) is 0 Å². The summed E-state index contributed by atoms with van der Waals surface area (Å²) in [5, 5.41) is 2.65. The van der Waals surface area contributed by atoms with E-state index in [0.717, 1.165) is 25.9 Å². The number of benzene rings is 1. The average molecular weight is 305 g/mol. The number of carbonyl (C=O) groups is 2. The number of hydrogen-bond donors (Lipinski definition) is 2. The van der Waals surface area contributed by atoms with Gasteiger partial charge in [0, 0.05) is 24.2 Å². The number of nitrogens with two attached hydrogens (primary N) is 1. The fraction of sp³-hybridized carbons (Fsp3) is 0.400. The lowest BCUT2D eigenvalue weighted by atomic mass is 10.1. The predicted octanol–water partition coefficient (Wildman–Crippen LogP) is 1.06. The molecule has 1 fully saturated rings. The highest BCUT2D eigenvalue weighted by Gasteiger charge is 2.17. The zero-order chi connectivity index (χ0) is 15.2. The van der Waals surface area contributed by atoms with Crippen molar-refractivity contribution < 1.29 is 9.59 Å². The number of nitrogens with one attached hydrogen (secondary N) is 1. The first-order chi connectivity index (χ1) is 10.1. The third-order valence-electron chi connectivity index (χ3n) is 3.54. The maximum absolute atomic E-state index is 12.0. The molecular formula is C15H19N3O2S. The molecule has 1 aliphatic heterocycles. The van der Waals surface area contributed by atoms with Crippen molar-refractivity contribution in [3.05, 3.63) is 35.4 Å². The molecule has 2 amide bonds. The van der Waals surface area contributed by atoms with Gasteiger partial charge >= 0.3 is 0 Å². The number of nitrogens with zero attached hydrogens (tertiary/aromatic N) is 1. The monoisotopic (exact) mass is 305 g/mol. The molecule has 0 aromatic heterocycles. The molecule has 0 unspecified atom stereocenters. The average Bonchev–Trinajstić information content (AvgIpc) is 2.53. The van der Waals surface area contributed by atoms with E-state index in [1.165, 1.54) is 6.42 Å². The van der Waals surface area contributed by atoms with Crippen molar-refractivity contribution in [3.63, 3.8) is 0 Å². The normalized spacial score (nSPS) is 14.6. The molecule has 112 valence electrons. The van der Waals surface area contributed by atoms with Gasteiger partial charge in [-0.2, -0.15) is 0 Å². The summed E-state index contributed by atoms with van der Waals surface area (Å²) >= 11 is 4.86. The lowest BCUT2D eigenvalue weighted by Crippen LogP contribution is -2.42. The van der Waals surface area contributed by atoms with Gasteiger partial charge in [0.25, 0.3) is 5.91 Å². The molecule has 2 rings (SSSR count). The highest BCUT2D eigenvalue weighted by molar-refractivity contribution is 7.80. The molecule has 21 heavy (non-hydrogen) atoms. The van der Waals surface area contributed by atoms with Crippen molar-refractivity contribution in [1.82, 2.24) is 10.2 Å². The van der Waals surface area contributed by atoms with Gasteiger partial charge in [-0.05, 0) is 31.4 Å². The first-order valence-corrected chi connectivity index (χ1v) is 7.44. The van der Waals surface area contributed by atoms with E-state index in [1.807, 2.05) is 0 Å². The third-order valence-corrected chi connectivity index (χ3v) is 3.78. The highest BCUT2D eigenvalue weighted by atomic mass is 32.1. The van der Waals surface area contributed by atoms with E-state index >= 15 is 0 Å². The fourth-order valence-corrected chi connectivity index (χ4v) is 2.44. The van der Waals surface area contributed by atoms with E-state index in [0.29, 0.717) is 16.1 Å². The highest BCUT2D eigenvalue weighted by Crippen LogP contribution is 2.08. The largest absolute Gasteiger partial charge is 0.389 e. The van der Waals surface area contributed by atoms with Crippen molar-refractivity contribution >= 4 is 29.0 Å². The maximum Gasteiger partial charge on any atom is 0.251 e. The van der Waals surface area contributed by atoms with E-state index in [4.69, 9.17) is 18.0 Å². The second-order valence-corrected chi connectivity index (χ2v) is 5.51. The topological polar surface area (TPSA) is 75.4 Å². The number of hydrogen-bond acceptors (Lipinski definition) is 3. The van der Waals surface area contributed by atoms with Crippen LogP contribution in [-0.4, -0.2) is 41.3 Å². The molecule has 1 heterocycles. The summed E-state index contributed by atoms with van der Waals surface area (Å²) in [6.45, 7) is 1.62. The molecule has 0 spiro atoms. The van der Waals surface area contributed by atoms with E-state index in [2.05, 4.69) is 5.32 Å². The van der Waals surface area contributed by atoms with Crippen LogP contribution in [0, 0.1) is 0 Å². The third kappa shape index (κ3) is 4.26. The van der Waals surface area contributed by atoms with Crippen molar-refractivity contribution in [2.75, 3.05) is 19.6 Å². The lowest BCUT2D eigenvalue weighted by Gasteiger charge is -2.26. The molecule has 0 atom stereocenters. The van der Waals surface area contributed by atoms with Crippen LogP contribution in [0.15, 0.2) is 24.3 Å². The molecule has 1 saturated heterocycles. The van der Waals surface area contributed by atoms with Crippen LogP contribution in [0.25, 0.3) is 0 Å². The second kappa shape index (κ2) is 7.17. The molecule has 1 aromatic rings. The lowest BCUT2D eigenvalue weighted by molar-refractivity contribution is -0.130. The number of piperidine rings is 1. The van der Waals surface area contributed by atoms with Crippen LogP contribution in [0.5, 0.6) is 0 Å². The van der Waals surface area contributed by atoms with Crippen molar-refractivity contribution in [2.45, 2.75) is 19.3 Å². The molecule has 3 N–H and O–H groups in total. The molecule has 0 bridgehead atoms. The van der Waals surface area contributed by atoms with Crippen LogP contribution in [0.3, 0.4) is 0 Å². The zero-order valence-electron chi connectivity index (χ0n) is 11.8. The minimum Gasteiger partial charge on any atom is -0.389 e. The van der Waals surface area contributed by atoms with Crippen molar-refractivity contribution in [3.8, 4) is 0 Å². The van der Waals surface area contributed by atoms with Gasteiger partial charge in [-0.1, -0.05) is 24.4 Å². The Hall–Kier alpha value is -1.95. The minimum atomic E-state index is -0.269. The van der Waals surface area contributed by atoms with Crippen LogP contribution in [0.4, 0.5) is 0 Å². The van der Waals surface area contributed by atoms with E-state index in [1.54, 1.807) is 29.2 Å². The smallest absolute Gasteiger partial charge is 0.251 e. The van der Waals surface area contributed by atoms with Crippen LogP contribution in [-0.2, 0) is 4.79 Å². The first kappa shape index (κ1) is 15.4. The Bertz CT molecular complexity index is 536. The Balaban J connectivity index is 1.86. The molecule has 6 heteroatoms. The molecule has 0 aliphatic carbocycles. The number of carbonyl (C=O) groups excluding carboxylic acids is 2. The standard InChI is InChI=1S/C15H19N3O2S/c16-14(21)11-4-6-12(7-5-11)15(20)17-10-13(19)18-8-2-1-3-9-18/h4-7H,1-3,8-10H2,(H2,16,21)(H,17,20). The zero-order valence-corrected chi connectivity index (χ0v) is 12.6. The Morgan fingerprint density at radius 3 is 2.24 bits per heavy atom. The van der Waals surface area contributed by atoms with Crippen LogP contribution >= 0.6 is 12.2 Å². The van der Waals surface area contributed by atoms with Crippen LogP contribution < -0.4 is 11.1 Å². The molecule has 1 aromatic carbocycles. The van der Waals surface area contributed by atoms with Gasteiger partial charge in [-0.25, -0.2) is 0 Å². The van der Waals surface area contributed by atoms with Gasteiger partial charge in [0.15, 0.2) is 0 Å². The molecule has 0 saturated carbocycles. The van der Waals surface area contributed by atoms with E-state index in [9.17, 15) is 9.59 Å². The van der Waals surface area contributed by atoms with Gasteiger partial charge in [0.1, 0.15) is 4.99 Å². The second-order valence-electron chi connectivity index (χ2n) is 5.07. The summed E-state index contributed by atoms with van der Waals surface area (Å²) < 4.78 is 0. The first-order valence-electron chi connectivity index (χ1n) is 7.04. The van der Waals surface area contributed by atoms with Gasteiger partial charge in [0.2, 0.25) is 5.91 Å². The number of likely N-dealkylation sites (tertiary alicyclic amines) is 1. The summed E-state index contributed by atoms with van der Waals surface area (Å²) in [4.78, 5) is 26.0. The number of amides is 2. The van der Waals surface area contributed by atoms with Gasteiger partial charge in [-0.3, -0.25) is 9.59 Å². The Morgan fingerprint density at radius 1 is 1.10 bits per heavy atom. The summed E-state index contributed by atoms with van der Waals surface area (Å²) in [6.07, 6.45) is 3.26. The SMILES string of the molecule is NC(=S)c1ccc(C(=O)NCC(=O)N2CCCCC2)cc1. The maximum atomic E-state index is 12.0. The molecule has 0 radical (unpaired) electrons. The fourth-order valence-electron chi connectivity index (χ4n) is 2.30. The minimum absolute atomic E-state index is 0.0252. The Labute approximate surface area is 129 Å². The number of rotatable bonds is 4.